The van der Waals surface area contributed by atoms with E-state index in [1.54, 1.807) is 0 Å². The van der Waals surface area contributed by atoms with E-state index in [-0.39, 0.29) is 28.8 Å². The molecule has 98 valence electrons. The minimum absolute atomic E-state index is 0.000813. The lowest BCUT2D eigenvalue weighted by atomic mass is 10.2. The van der Waals surface area contributed by atoms with Crippen molar-refractivity contribution in [2.45, 2.75) is 4.90 Å². The molecule has 2 rings (SSSR count). The molecule has 1 heterocycles. The fourth-order valence-corrected chi connectivity index (χ4v) is 3.10. The minimum Gasteiger partial charge on any atom is -0.478 e. The number of aromatic carboxylic acids is 1. The summed E-state index contributed by atoms with van der Waals surface area (Å²) in [5, 5.41) is 8.90. The summed E-state index contributed by atoms with van der Waals surface area (Å²) in [6, 6.07) is 3.59. The summed E-state index contributed by atoms with van der Waals surface area (Å²) in [5.41, 5.74) is -0.238. The Morgan fingerprint density at radius 1 is 1.44 bits per heavy atom. The van der Waals surface area contributed by atoms with Gasteiger partial charge in [-0.15, -0.1) is 0 Å². The lowest BCUT2D eigenvalue weighted by Gasteiger charge is -2.14. The zero-order valence-electron chi connectivity index (χ0n) is 9.17. The van der Waals surface area contributed by atoms with Crippen LogP contribution in [0.4, 0.5) is 0 Å². The molecule has 0 unspecified atom stereocenters. The number of sulfonamides is 1. The van der Waals surface area contributed by atoms with Gasteiger partial charge in [0.1, 0.15) is 6.73 Å². The summed E-state index contributed by atoms with van der Waals surface area (Å²) in [6.07, 6.45) is 0. The van der Waals surface area contributed by atoms with Crippen molar-refractivity contribution in [3.8, 4) is 0 Å². The first-order chi connectivity index (χ1) is 8.43. The Morgan fingerprint density at radius 3 is 2.72 bits per heavy atom. The van der Waals surface area contributed by atoms with Crippen molar-refractivity contribution in [3.05, 3.63) is 28.8 Å². The molecule has 0 atom stereocenters. The van der Waals surface area contributed by atoms with Gasteiger partial charge in [-0.25, -0.2) is 13.2 Å². The summed E-state index contributed by atoms with van der Waals surface area (Å²) >= 11 is 5.69. The molecule has 0 aliphatic carbocycles. The highest BCUT2D eigenvalue weighted by Crippen LogP contribution is 2.23. The second kappa shape index (κ2) is 4.85. The number of nitrogens with zero attached hydrogens (tertiary/aromatic N) is 1. The molecular formula is C10H10ClNO5S. The molecule has 0 bridgehead atoms. The quantitative estimate of drug-likeness (QED) is 0.899. The van der Waals surface area contributed by atoms with E-state index in [1.807, 2.05) is 0 Å². The maximum absolute atomic E-state index is 12.1. The average Bonchev–Trinajstić information content (AvgIpc) is 2.82. The molecule has 0 saturated carbocycles. The Morgan fingerprint density at radius 2 is 2.17 bits per heavy atom. The zero-order chi connectivity index (χ0) is 13.3. The first-order valence-corrected chi connectivity index (χ1v) is 6.85. The topological polar surface area (TPSA) is 83.9 Å². The number of hydrogen-bond acceptors (Lipinski definition) is 4. The van der Waals surface area contributed by atoms with Crippen LogP contribution in [-0.4, -0.2) is 43.7 Å². The van der Waals surface area contributed by atoms with Gasteiger partial charge in [0.05, 0.1) is 22.1 Å². The molecule has 1 fully saturated rings. The van der Waals surface area contributed by atoms with Crippen molar-refractivity contribution in [2.24, 2.45) is 0 Å². The number of carboxylic acids is 1. The van der Waals surface area contributed by atoms with Gasteiger partial charge < -0.3 is 9.84 Å². The number of ether oxygens (including phenoxy) is 1. The molecule has 6 nitrogen and oxygen atoms in total. The Bertz CT molecular complexity index is 580. The van der Waals surface area contributed by atoms with Crippen molar-refractivity contribution in [2.75, 3.05) is 19.9 Å². The van der Waals surface area contributed by atoms with Crippen LogP contribution in [-0.2, 0) is 14.8 Å². The van der Waals surface area contributed by atoms with Crippen LogP contribution < -0.4 is 0 Å². The molecule has 1 aliphatic heterocycles. The van der Waals surface area contributed by atoms with Crippen LogP contribution in [0.25, 0.3) is 0 Å². The zero-order valence-corrected chi connectivity index (χ0v) is 10.7. The number of hydrogen-bond donors (Lipinski definition) is 1. The Labute approximate surface area is 109 Å². The SMILES string of the molecule is O=C(O)c1cc(S(=O)(=O)N2CCOC2)ccc1Cl. The molecule has 0 aromatic heterocycles. The molecule has 1 aromatic rings. The van der Waals surface area contributed by atoms with Crippen LogP contribution in [0, 0.1) is 0 Å². The van der Waals surface area contributed by atoms with Crippen LogP contribution >= 0.6 is 11.6 Å². The first kappa shape index (κ1) is 13.3. The van der Waals surface area contributed by atoms with Gasteiger partial charge in [0, 0.05) is 6.54 Å². The van der Waals surface area contributed by atoms with Gasteiger partial charge >= 0.3 is 5.97 Å². The molecule has 1 aromatic carbocycles. The van der Waals surface area contributed by atoms with Crippen LogP contribution in [0.1, 0.15) is 10.4 Å². The largest absolute Gasteiger partial charge is 0.478 e. The molecule has 1 aliphatic rings. The van der Waals surface area contributed by atoms with Gasteiger partial charge in [0.25, 0.3) is 0 Å². The third-order valence-corrected chi connectivity index (χ3v) is 4.67. The fourth-order valence-electron chi connectivity index (χ4n) is 1.56. The Hall–Kier alpha value is -1.15. The minimum atomic E-state index is -3.73. The van der Waals surface area contributed by atoms with Crippen molar-refractivity contribution in [1.82, 2.24) is 4.31 Å². The predicted molar refractivity (Wildman–Crippen MR) is 63.1 cm³/mol. The second-order valence-electron chi connectivity index (χ2n) is 3.66. The van der Waals surface area contributed by atoms with E-state index in [2.05, 4.69) is 0 Å². The van der Waals surface area contributed by atoms with Gasteiger partial charge in [0.15, 0.2) is 0 Å². The summed E-state index contributed by atoms with van der Waals surface area (Å²) in [4.78, 5) is 10.8. The standard InChI is InChI=1S/C10H10ClNO5S/c11-9-2-1-7(5-8(9)10(13)14)18(15,16)12-3-4-17-6-12/h1-2,5H,3-4,6H2,(H,13,14). The predicted octanol–water partition coefficient (Wildman–Crippen LogP) is 1.02. The maximum Gasteiger partial charge on any atom is 0.337 e. The van der Waals surface area contributed by atoms with Crippen molar-refractivity contribution in [3.63, 3.8) is 0 Å². The highest BCUT2D eigenvalue weighted by molar-refractivity contribution is 7.89. The van der Waals surface area contributed by atoms with Crippen LogP contribution in [0.3, 0.4) is 0 Å². The third-order valence-electron chi connectivity index (χ3n) is 2.53. The Kier molecular flexibility index (Phi) is 3.58. The second-order valence-corrected chi connectivity index (χ2v) is 6.01. The van der Waals surface area contributed by atoms with Crippen molar-refractivity contribution < 1.29 is 23.1 Å². The summed E-state index contributed by atoms with van der Waals surface area (Å²) < 4.78 is 30.4. The summed E-state index contributed by atoms with van der Waals surface area (Å²) in [7, 11) is -3.73. The molecule has 0 spiro atoms. The molecular weight excluding hydrogens is 282 g/mol. The molecule has 1 saturated heterocycles. The highest BCUT2D eigenvalue weighted by atomic mass is 35.5. The summed E-state index contributed by atoms with van der Waals surface area (Å²) in [5.74, 6) is -1.27. The molecule has 18 heavy (non-hydrogen) atoms. The molecule has 0 radical (unpaired) electrons. The van der Waals surface area contributed by atoms with E-state index in [4.69, 9.17) is 21.4 Å². The lowest BCUT2D eigenvalue weighted by Crippen LogP contribution is -2.28. The average molecular weight is 292 g/mol. The normalized spacial score (nSPS) is 16.9. The van der Waals surface area contributed by atoms with Gasteiger partial charge in [0.2, 0.25) is 10.0 Å². The van der Waals surface area contributed by atoms with Gasteiger partial charge in [-0.3, -0.25) is 0 Å². The highest BCUT2D eigenvalue weighted by Gasteiger charge is 2.28. The van der Waals surface area contributed by atoms with Crippen molar-refractivity contribution in [1.29, 1.82) is 0 Å². The van der Waals surface area contributed by atoms with Gasteiger partial charge in [-0.1, -0.05) is 11.6 Å². The molecule has 0 amide bonds. The lowest BCUT2D eigenvalue weighted by molar-refractivity contribution is 0.0697. The van der Waals surface area contributed by atoms with E-state index >= 15 is 0 Å². The fraction of sp³-hybridized carbons (Fsp3) is 0.300. The number of rotatable bonds is 3. The number of halogens is 1. The van der Waals surface area contributed by atoms with Crippen LogP contribution in [0.15, 0.2) is 23.1 Å². The molecule has 8 heteroatoms. The maximum atomic E-state index is 12.1. The first-order valence-electron chi connectivity index (χ1n) is 5.03. The van der Waals surface area contributed by atoms with Gasteiger partial charge in [-0.05, 0) is 18.2 Å². The van der Waals surface area contributed by atoms with Crippen LogP contribution in [0.5, 0.6) is 0 Å². The van der Waals surface area contributed by atoms with E-state index < -0.39 is 16.0 Å². The Balaban J connectivity index is 2.45. The van der Waals surface area contributed by atoms with Gasteiger partial charge in [-0.2, -0.15) is 4.31 Å². The van der Waals surface area contributed by atoms with E-state index in [0.717, 1.165) is 10.4 Å². The van der Waals surface area contributed by atoms with E-state index in [0.29, 0.717) is 6.61 Å². The van der Waals surface area contributed by atoms with Crippen molar-refractivity contribution >= 4 is 27.6 Å². The summed E-state index contributed by atoms with van der Waals surface area (Å²) in [6.45, 7) is 0.569. The van der Waals surface area contributed by atoms with E-state index in [1.165, 1.54) is 12.1 Å². The monoisotopic (exact) mass is 291 g/mol. The number of carbonyl (C=O) groups is 1. The number of carboxylic acid groups (broad SMARTS) is 1. The smallest absolute Gasteiger partial charge is 0.337 e. The number of benzene rings is 1. The van der Waals surface area contributed by atoms with E-state index in [9.17, 15) is 13.2 Å². The third kappa shape index (κ3) is 2.35. The van der Waals surface area contributed by atoms with Crippen LogP contribution in [0.2, 0.25) is 5.02 Å². The molecule has 1 N–H and O–H groups in total.